The first kappa shape index (κ1) is 22.6. The maximum absolute atomic E-state index is 12.0. The second-order valence-electron chi connectivity index (χ2n) is 6.48. The molecule has 156 valence electrons. The molecular weight excluding hydrogens is 392 g/mol. The van der Waals surface area contributed by atoms with Crippen molar-refractivity contribution in [2.24, 2.45) is 0 Å². The quantitative estimate of drug-likeness (QED) is 0.541. The van der Waals surface area contributed by atoms with Crippen molar-refractivity contribution in [2.45, 2.75) is 32.7 Å². The Morgan fingerprint density at radius 3 is 2.48 bits per heavy atom. The van der Waals surface area contributed by atoms with Gasteiger partial charge >= 0.3 is 0 Å². The normalized spacial score (nSPS) is 10.3. The van der Waals surface area contributed by atoms with Crippen LogP contribution in [0.2, 0.25) is 5.02 Å². The Hall–Kier alpha value is -2.73. The van der Waals surface area contributed by atoms with E-state index in [2.05, 4.69) is 10.6 Å². The van der Waals surface area contributed by atoms with E-state index in [0.29, 0.717) is 54.6 Å². The second kappa shape index (κ2) is 12.0. The summed E-state index contributed by atoms with van der Waals surface area (Å²) in [4.78, 5) is 24.0. The zero-order valence-electron chi connectivity index (χ0n) is 16.8. The molecule has 0 saturated carbocycles. The lowest BCUT2D eigenvalue weighted by Gasteiger charge is -2.12. The number of carbonyl (C=O) groups is 2. The topological polar surface area (TPSA) is 76.7 Å². The summed E-state index contributed by atoms with van der Waals surface area (Å²) in [6.45, 7) is 3.49. The van der Waals surface area contributed by atoms with Crippen molar-refractivity contribution >= 4 is 23.4 Å². The number of halogens is 1. The highest BCUT2D eigenvalue weighted by atomic mass is 35.5. The van der Waals surface area contributed by atoms with Crippen molar-refractivity contribution in [2.75, 3.05) is 20.3 Å². The molecule has 0 spiro atoms. The summed E-state index contributed by atoms with van der Waals surface area (Å²) < 4.78 is 11.0. The lowest BCUT2D eigenvalue weighted by Crippen LogP contribution is -2.27. The predicted octanol–water partition coefficient (Wildman–Crippen LogP) is 3.96. The number of nitrogens with one attached hydrogen (secondary N) is 2. The minimum atomic E-state index is -0.181. The molecule has 6 nitrogen and oxygen atoms in total. The Morgan fingerprint density at radius 2 is 1.79 bits per heavy atom. The summed E-state index contributed by atoms with van der Waals surface area (Å²) in [7, 11) is 1.59. The second-order valence-corrected chi connectivity index (χ2v) is 6.91. The van der Waals surface area contributed by atoms with Crippen LogP contribution in [0, 0.1) is 0 Å². The molecule has 2 N–H and O–H groups in total. The van der Waals surface area contributed by atoms with Gasteiger partial charge in [-0.25, -0.2) is 0 Å². The maximum Gasteiger partial charge on any atom is 0.251 e. The van der Waals surface area contributed by atoms with Crippen LogP contribution in [0.3, 0.4) is 0 Å². The summed E-state index contributed by atoms with van der Waals surface area (Å²) in [6, 6.07) is 12.3. The monoisotopic (exact) mass is 418 g/mol. The average molecular weight is 419 g/mol. The fourth-order valence-electron chi connectivity index (χ4n) is 2.60. The van der Waals surface area contributed by atoms with Crippen molar-refractivity contribution in [3.05, 3.63) is 58.6 Å². The molecule has 0 atom stereocenters. The highest BCUT2D eigenvalue weighted by Crippen LogP contribution is 2.28. The van der Waals surface area contributed by atoms with E-state index < -0.39 is 0 Å². The number of hydrogen-bond donors (Lipinski definition) is 2. The Balaban J connectivity index is 1.70. The molecule has 0 unspecified atom stereocenters. The van der Waals surface area contributed by atoms with Gasteiger partial charge in [0.2, 0.25) is 5.91 Å². The van der Waals surface area contributed by atoms with E-state index in [9.17, 15) is 9.59 Å². The molecule has 0 aliphatic carbocycles. The molecule has 0 bridgehead atoms. The summed E-state index contributed by atoms with van der Waals surface area (Å²) >= 11 is 5.81. The van der Waals surface area contributed by atoms with Gasteiger partial charge in [-0.05, 0) is 54.8 Å². The molecule has 0 fully saturated rings. The first-order chi connectivity index (χ1) is 14.0. The molecule has 2 amide bonds. The van der Waals surface area contributed by atoms with Gasteiger partial charge in [0.15, 0.2) is 11.5 Å². The van der Waals surface area contributed by atoms with E-state index in [4.69, 9.17) is 21.1 Å². The van der Waals surface area contributed by atoms with Crippen molar-refractivity contribution < 1.29 is 19.1 Å². The fourth-order valence-corrected chi connectivity index (χ4v) is 2.72. The average Bonchev–Trinajstić information content (AvgIpc) is 2.74. The molecule has 0 saturated heterocycles. The Bertz CT molecular complexity index is 809. The van der Waals surface area contributed by atoms with E-state index in [1.165, 1.54) is 0 Å². The smallest absolute Gasteiger partial charge is 0.251 e. The number of hydrogen-bond acceptors (Lipinski definition) is 4. The van der Waals surface area contributed by atoms with Gasteiger partial charge < -0.3 is 20.1 Å². The lowest BCUT2D eigenvalue weighted by atomic mass is 10.2. The van der Waals surface area contributed by atoms with Gasteiger partial charge in [0.05, 0.1) is 13.7 Å². The van der Waals surface area contributed by atoms with Gasteiger partial charge in [0.25, 0.3) is 5.91 Å². The number of rotatable bonds is 11. The van der Waals surface area contributed by atoms with Crippen molar-refractivity contribution in [3.8, 4) is 11.5 Å². The third-order valence-corrected chi connectivity index (χ3v) is 4.40. The van der Waals surface area contributed by atoms with Crippen LogP contribution in [0.15, 0.2) is 42.5 Å². The summed E-state index contributed by atoms with van der Waals surface area (Å²) in [6.07, 6.45) is 1.80. The van der Waals surface area contributed by atoms with Crippen LogP contribution in [0.4, 0.5) is 0 Å². The molecule has 0 heterocycles. The first-order valence-corrected chi connectivity index (χ1v) is 10.0. The van der Waals surface area contributed by atoms with E-state index >= 15 is 0 Å². The SMILES string of the molecule is CCCOc1ccc(CNC(=O)CCCNC(=O)c2ccc(Cl)cc2)cc1OC. The first-order valence-electron chi connectivity index (χ1n) is 9.63. The minimum Gasteiger partial charge on any atom is -0.493 e. The lowest BCUT2D eigenvalue weighted by molar-refractivity contribution is -0.121. The standard InChI is InChI=1S/C22H27ClN2O4/c1-3-13-29-19-11-6-16(14-20(19)28-2)15-25-21(26)5-4-12-24-22(27)17-7-9-18(23)10-8-17/h6-11,14H,3-5,12-13,15H2,1-2H3,(H,24,27)(H,25,26). The summed E-state index contributed by atoms with van der Waals surface area (Å²) in [5.74, 6) is 1.09. The number of amides is 2. The van der Waals surface area contributed by atoms with Gasteiger partial charge in [-0.2, -0.15) is 0 Å². The zero-order valence-corrected chi connectivity index (χ0v) is 17.6. The van der Waals surface area contributed by atoms with Crippen molar-refractivity contribution in [3.63, 3.8) is 0 Å². The molecule has 0 radical (unpaired) electrons. The van der Waals surface area contributed by atoms with Crippen molar-refractivity contribution in [1.29, 1.82) is 0 Å². The van der Waals surface area contributed by atoms with Gasteiger partial charge in [-0.15, -0.1) is 0 Å². The van der Waals surface area contributed by atoms with Crippen molar-refractivity contribution in [1.82, 2.24) is 10.6 Å². The molecule has 7 heteroatoms. The minimum absolute atomic E-state index is 0.0731. The van der Waals surface area contributed by atoms with Crippen LogP contribution >= 0.6 is 11.6 Å². The molecule has 29 heavy (non-hydrogen) atoms. The number of carbonyl (C=O) groups excluding carboxylic acids is 2. The molecule has 2 rings (SSSR count). The van der Waals surface area contributed by atoms with Crippen LogP contribution in [0.1, 0.15) is 42.1 Å². The van der Waals surface area contributed by atoms with Gasteiger partial charge in [0, 0.05) is 30.1 Å². The Kier molecular flexibility index (Phi) is 9.31. The molecule has 2 aromatic carbocycles. The molecule has 0 aliphatic rings. The number of methoxy groups -OCH3 is 1. The Morgan fingerprint density at radius 1 is 1.03 bits per heavy atom. The molecule has 2 aromatic rings. The largest absolute Gasteiger partial charge is 0.493 e. The maximum atomic E-state index is 12.0. The van der Waals surface area contributed by atoms with Crippen LogP contribution in [-0.2, 0) is 11.3 Å². The van der Waals surface area contributed by atoms with Gasteiger partial charge in [0.1, 0.15) is 0 Å². The third-order valence-electron chi connectivity index (χ3n) is 4.15. The molecule has 0 aromatic heterocycles. The van der Waals surface area contributed by atoms with Crippen LogP contribution in [0.5, 0.6) is 11.5 Å². The highest BCUT2D eigenvalue weighted by Gasteiger charge is 2.08. The predicted molar refractivity (Wildman–Crippen MR) is 114 cm³/mol. The molecule has 0 aliphatic heterocycles. The number of ether oxygens (including phenoxy) is 2. The number of benzene rings is 2. The third kappa shape index (κ3) is 7.66. The molecular formula is C22H27ClN2O4. The van der Waals surface area contributed by atoms with Crippen LogP contribution < -0.4 is 20.1 Å². The van der Waals surface area contributed by atoms with Crippen LogP contribution in [0.25, 0.3) is 0 Å². The van der Waals surface area contributed by atoms with E-state index in [0.717, 1.165) is 12.0 Å². The van der Waals surface area contributed by atoms with E-state index in [-0.39, 0.29) is 11.8 Å². The van der Waals surface area contributed by atoms with Gasteiger partial charge in [-0.1, -0.05) is 24.6 Å². The fraction of sp³-hybridized carbons (Fsp3) is 0.364. The zero-order chi connectivity index (χ0) is 21.1. The van der Waals surface area contributed by atoms with Gasteiger partial charge in [-0.3, -0.25) is 9.59 Å². The summed E-state index contributed by atoms with van der Waals surface area (Å²) in [5.41, 5.74) is 1.47. The van der Waals surface area contributed by atoms with E-state index in [1.54, 1.807) is 31.4 Å². The van der Waals surface area contributed by atoms with E-state index in [1.807, 2.05) is 25.1 Å². The Labute approximate surface area is 176 Å². The van der Waals surface area contributed by atoms with Crippen LogP contribution in [-0.4, -0.2) is 32.1 Å². The summed E-state index contributed by atoms with van der Waals surface area (Å²) in [5, 5.41) is 6.25. The highest BCUT2D eigenvalue weighted by molar-refractivity contribution is 6.30.